The Hall–Kier alpha value is -1.99. The fourth-order valence-electron chi connectivity index (χ4n) is 3.12. The van der Waals surface area contributed by atoms with E-state index in [0.717, 1.165) is 0 Å². The van der Waals surface area contributed by atoms with E-state index < -0.39 is 23.7 Å². The standard InChI is InChI=1S/C15H24N2O6/c1-6-22-14(20)17-10-8(12(18)21-5)7-9(11(10)17)16-13(19)23-15(2,3)4/h8-11H,6-7H2,1-5H3,(H,16,19)/t8-,9+,10+,11-,17?/m0/s1. The van der Waals surface area contributed by atoms with Gasteiger partial charge in [0.25, 0.3) is 0 Å². The number of piperidine rings is 1. The van der Waals surface area contributed by atoms with E-state index >= 15 is 0 Å². The summed E-state index contributed by atoms with van der Waals surface area (Å²) < 4.78 is 15.0. The van der Waals surface area contributed by atoms with Crippen LogP contribution >= 0.6 is 0 Å². The van der Waals surface area contributed by atoms with Crippen LogP contribution in [0.2, 0.25) is 0 Å². The lowest BCUT2D eigenvalue weighted by Gasteiger charge is -2.24. The molecule has 2 rings (SSSR count). The highest BCUT2D eigenvalue weighted by molar-refractivity contribution is 5.81. The first-order valence-corrected chi connectivity index (χ1v) is 7.72. The molecule has 0 aromatic rings. The molecule has 8 heteroatoms. The summed E-state index contributed by atoms with van der Waals surface area (Å²) in [6.45, 7) is 7.27. The van der Waals surface area contributed by atoms with Crippen LogP contribution in [-0.2, 0) is 19.0 Å². The van der Waals surface area contributed by atoms with Gasteiger partial charge in [0.15, 0.2) is 0 Å². The number of carbonyl (C=O) groups is 3. The van der Waals surface area contributed by atoms with Gasteiger partial charge < -0.3 is 19.5 Å². The summed E-state index contributed by atoms with van der Waals surface area (Å²) in [4.78, 5) is 37.3. The number of nitrogens with zero attached hydrogens (tertiary/aromatic N) is 1. The first kappa shape index (κ1) is 17.4. The van der Waals surface area contributed by atoms with Crippen LogP contribution in [-0.4, -0.2) is 60.5 Å². The Morgan fingerprint density at radius 1 is 1.22 bits per heavy atom. The molecule has 0 bridgehead atoms. The summed E-state index contributed by atoms with van der Waals surface area (Å²) in [6, 6.07) is -0.907. The third-order valence-electron chi connectivity index (χ3n) is 3.92. The molecule has 2 aliphatic rings. The average molecular weight is 328 g/mol. The first-order valence-electron chi connectivity index (χ1n) is 7.72. The third-order valence-corrected chi connectivity index (χ3v) is 3.92. The molecule has 0 aromatic carbocycles. The number of amides is 2. The molecule has 8 nitrogen and oxygen atoms in total. The molecule has 1 aliphatic heterocycles. The molecule has 1 heterocycles. The number of likely N-dealkylation sites (tertiary alicyclic amines) is 1. The zero-order valence-electron chi connectivity index (χ0n) is 14.1. The van der Waals surface area contributed by atoms with Crippen molar-refractivity contribution in [2.45, 2.75) is 57.8 Å². The van der Waals surface area contributed by atoms with Gasteiger partial charge in [-0.05, 0) is 34.1 Å². The summed E-state index contributed by atoms with van der Waals surface area (Å²) >= 11 is 0. The van der Waals surface area contributed by atoms with Gasteiger partial charge in [-0.25, -0.2) is 9.59 Å². The summed E-state index contributed by atoms with van der Waals surface area (Å²) in [5.41, 5.74) is -0.617. The van der Waals surface area contributed by atoms with E-state index in [9.17, 15) is 14.4 Å². The van der Waals surface area contributed by atoms with Crippen LogP contribution in [0.3, 0.4) is 0 Å². The van der Waals surface area contributed by atoms with Crippen molar-refractivity contribution in [3.05, 3.63) is 0 Å². The molecular weight excluding hydrogens is 304 g/mol. The number of hydrogen-bond acceptors (Lipinski definition) is 6. The molecule has 23 heavy (non-hydrogen) atoms. The largest absolute Gasteiger partial charge is 0.469 e. The van der Waals surface area contributed by atoms with Crippen molar-refractivity contribution >= 4 is 18.2 Å². The Balaban J connectivity index is 2.05. The molecule has 1 N–H and O–H groups in total. The maximum absolute atomic E-state index is 11.9. The molecule has 0 radical (unpaired) electrons. The van der Waals surface area contributed by atoms with Crippen LogP contribution in [0.15, 0.2) is 0 Å². The maximum atomic E-state index is 11.9. The van der Waals surface area contributed by atoms with Gasteiger partial charge in [0.05, 0.1) is 37.8 Å². The summed E-state index contributed by atoms with van der Waals surface area (Å²) in [7, 11) is 1.31. The number of carbonyl (C=O) groups excluding carboxylic acids is 3. The summed E-state index contributed by atoms with van der Waals surface area (Å²) in [5.74, 6) is -0.852. The van der Waals surface area contributed by atoms with Gasteiger partial charge in [0.2, 0.25) is 0 Å². The predicted molar refractivity (Wildman–Crippen MR) is 79.7 cm³/mol. The molecule has 0 unspecified atom stereocenters. The Kier molecular flexibility index (Phi) is 4.72. The van der Waals surface area contributed by atoms with E-state index in [4.69, 9.17) is 14.2 Å². The summed E-state index contributed by atoms with van der Waals surface area (Å²) in [6.07, 6.45) is -0.633. The lowest BCUT2D eigenvalue weighted by atomic mass is 10.1. The monoisotopic (exact) mass is 328 g/mol. The van der Waals surface area contributed by atoms with E-state index in [0.29, 0.717) is 6.42 Å². The Morgan fingerprint density at radius 2 is 1.87 bits per heavy atom. The van der Waals surface area contributed by atoms with Gasteiger partial charge >= 0.3 is 18.2 Å². The molecule has 130 valence electrons. The van der Waals surface area contributed by atoms with Crippen LogP contribution < -0.4 is 5.32 Å². The molecule has 1 saturated heterocycles. The second kappa shape index (κ2) is 6.25. The highest BCUT2D eigenvalue weighted by Gasteiger charge is 2.67. The number of hydrogen-bond donors (Lipinski definition) is 1. The quantitative estimate of drug-likeness (QED) is 0.476. The number of methoxy groups -OCH3 is 1. The van der Waals surface area contributed by atoms with Crippen molar-refractivity contribution in [2.24, 2.45) is 5.92 Å². The molecule has 1 saturated carbocycles. The van der Waals surface area contributed by atoms with Crippen molar-refractivity contribution in [1.29, 1.82) is 0 Å². The molecule has 2 fully saturated rings. The van der Waals surface area contributed by atoms with Gasteiger partial charge in [-0.3, -0.25) is 9.69 Å². The molecule has 0 spiro atoms. The third kappa shape index (κ3) is 3.68. The van der Waals surface area contributed by atoms with Crippen LogP contribution in [0.1, 0.15) is 34.1 Å². The topological polar surface area (TPSA) is 93.9 Å². The van der Waals surface area contributed by atoms with Crippen LogP contribution in [0.25, 0.3) is 0 Å². The molecular formula is C15H24N2O6. The maximum Gasteiger partial charge on any atom is 0.410 e. The number of fused-ring (bicyclic) bond motifs is 1. The number of nitrogens with one attached hydrogen (secondary N) is 1. The minimum Gasteiger partial charge on any atom is -0.469 e. The van der Waals surface area contributed by atoms with E-state index in [1.54, 1.807) is 27.7 Å². The zero-order valence-corrected chi connectivity index (χ0v) is 14.1. The average Bonchev–Trinajstić information content (AvgIpc) is 3.06. The fraction of sp³-hybridized carbons (Fsp3) is 0.800. The Bertz CT molecular complexity index is 501. The molecule has 2 amide bonds. The number of alkyl carbamates (subject to hydrolysis) is 1. The van der Waals surface area contributed by atoms with Gasteiger partial charge in [-0.1, -0.05) is 0 Å². The lowest BCUT2D eigenvalue weighted by molar-refractivity contribution is -0.145. The van der Waals surface area contributed by atoms with Crippen LogP contribution in [0, 0.1) is 5.92 Å². The van der Waals surface area contributed by atoms with Gasteiger partial charge in [0.1, 0.15) is 5.60 Å². The van der Waals surface area contributed by atoms with Crippen LogP contribution in [0.4, 0.5) is 9.59 Å². The molecule has 0 aromatic heterocycles. The van der Waals surface area contributed by atoms with Crippen molar-refractivity contribution in [3.63, 3.8) is 0 Å². The normalized spacial score (nSPS) is 28.7. The number of esters is 1. The van der Waals surface area contributed by atoms with Crippen molar-refractivity contribution < 1.29 is 28.6 Å². The van der Waals surface area contributed by atoms with Gasteiger partial charge in [-0.15, -0.1) is 0 Å². The first-order chi connectivity index (χ1) is 10.7. The van der Waals surface area contributed by atoms with Crippen LogP contribution in [0.5, 0.6) is 0 Å². The van der Waals surface area contributed by atoms with Crippen molar-refractivity contribution in [3.8, 4) is 0 Å². The Morgan fingerprint density at radius 3 is 2.39 bits per heavy atom. The highest BCUT2D eigenvalue weighted by Crippen LogP contribution is 2.47. The second-order valence-electron chi connectivity index (χ2n) is 6.71. The number of ether oxygens (including phenoxy) is 3. The van der Waals surface area contributed by atoms with E-state index in [1.165, 1.54) is 12.0 Å². The van der Waals surface area contributed by atoms with Crippen molar-refractivity contribution in [2.75, 3.05) is 13.7 Å². The van der Waals surface area contributed by atoms with Gasteiger partial charge in [-0.2, -0.15) is 0 Å². The molecule has 1 aliphatic carbocycles. The zero-order chi connectivity index (χ0) is 17.4. The Labute approximate surface area is 135 Å². The van der Waals surface area contributed by atoms with E-state index in [1.807, 2.05) is 0 Å². The minimum absolute atomic E-state index is 0.252. The second-order valence-corrected chi connectivity index (χ2v) is 6.71. The van der Waals surface area contributed by atoms with Gasteiger partial charge in [0, 0.05) is 0 Å². The highest BCUT2D eigenvalue weighted by atomic mass is 16.6. The van der Waals surface area contributed by atoms with E-state index in [2.05, 4.69) is 5.32 Å². The predicted octanol–water partition coefficient (Wildman–Crippen LogP) is 1.28. The van der Waals surface area contributed by atoms with Crippen molar-refractivity contribution in [1.82, 2.24) is 10.2 Å². The molecule has 4 atom stereocenters. The van der Waals surface area contributed by atoms with E-state index in [-0.39, 0.29) is 30.7 Å². The fourth-order valence-corrected chi connectivity index (χ4v) is 3.12. The smallest absolute Gasteiger partial charge is 0.410 e. The summed E-state index contributed by atoms with van der Waals surface area (Å²) in [5, 5.41) is 2.74. The SMILES string of the molecule is CCOC(=O)N1[C@@H]2[C@H]1[C@@H](C(=O)OC)C[C@H]2NC(=O)OC(C)(C)C. The lowest BCUT2D eigenvalue weighted by Crippen LogP contribution is -2.43. The number of rotatable bonds is 3. The minimum atomic E-state index is -0.617.